The fourth-order valence-electron chi connectivity index (χ4n) is 2.45. The van der Waals surface area contributed by atoms with Crippen LogP contribution in [0.1, 0.15) is 26.7 Å². The third-order valence-electron chi connectivity index (χ3n) is 3.50. The van der Waals surface area contributed by atoms with Crippen molar-refractivity contribution in [1.82, 2.24) is 4.90 Å². The maximum absolute atomic E-state index is 12.7. The molecule has 0 spiro atoms. The van der Waals surface area contributed by atoms with E-state index < -0.39 is 16.8 Å². The van der Waals surface area contributed by atoms with E-state index in [1.54, 1.807) is 12.1 Å². The van der Waals surface area contributed by atoms with Crippen LogP contribution in [0.5, 0.6) is 0 Å². The van der Waals surface area contributed by atoms with Gasteiger partial charge in [0, 0.05) is 16.5 Å². The number of carboxylic acids is 1. The van der Waals surface area contributed by atoms with Crippen LogP contribution in [0.15, 0.2) is 29.2 Å². The molecule has 0 bridgehead atoms. The number of hydrogen-bond donors (Lipinski definition) is 1. The summed E-state index contributed by atoms with van der Waals surface area (Å²) in [6.07, 6.45) is 1.27. The summed E-state index contributed by atoms with van der Waals surface area (Å²) in [6, 6.07) is 6.59. The summed E-state index contributed by atoms with van der Waals surface area (Å²) in [7, 11) is 0. The monoisotopic (exact) mass is 327 g/mol. The number of nitrogens with zero attached hydrogens (tertiary/aromatic N) is 1. The van der Waals surface area contributed by atoms with E-state index >= 15 is 0 Å². The molecule has 1 heterocycles. The molecule has 0 saturated carbocycles. The van der Waals surface area contributed by atoms with E-state index in [-0.39, 0.29) is 5.91 Å². The van der Waals surface area contributed by atoms with Crippen molar-refractivity contribution >= 4 is 35.2 Å². The van der Waals surface area contributed by atoms with Gasteiger partial charge in [-0.15, -0.1) is 11.8 Å². The number of likely N-dealkylation sites (tertiary alicyclic amines) is 1. The second kappa shape index (κ2) is 6.28. The van der Waals surface area contributed by atoms with Gasteiger partial charge in [-0.1, -0.05) is 11.6 Å². The summed E-state index contributed by atoms with van der Waals surface area (Å²) in [4.78, 5) is 26.3. The summed E-state index contributed by atoms with van der Waals surface area (Å²) in [6.45, 7) is 4.16. The highest BCUT2D eigenvalue weighted by Gasteiger charge is 2.41. The van der Waals surface area contributed by atoms with Gasteiger partial charge in [0.15, 0.2) is 0 Å². The van der Waals surface area contributed by atoms with Gasteiger partial charge in [0.1, 0.15) is 6.04 Å². The number of thioether (sulfide) groups is 1. The van der Waals surface area contributed by atoms with Crippen LogP contribution in [-0.4, -0.2) is 39.2 Å². The van der Waals surface area contributed by atoms with E-state index in [1.807, 2.05) is 26.0 Å². The Bertz CT molecular complexity index is 544. The highest BCUT2D eigenvalue weighted by Crippen LogP contribution is 2.36. The first kappa shape index (κ1) is 16.2. The maximum Gasteiger partial charge on any atom is 0.326 e. The van der Waals surface area contributed by atoms with E-state index in [0.717, 1.165) is 11.3 Å². The van der Waals surface area contributed by atoms with Crippen molar-refractivity contribution in [3.63, 3.8) is 0 Å². The number of aliphatic carboxylic acids is 1. The van der Waals surface area contributed by atoms with E-state index in [1.165, 1.54) is 16.7 Å². The Hall–Kier alpha value is -1.20. The van der Waals surface area contributed by atoms with E-state index in [4.69, 9.17) is 11.6 Å². The van der Waals surface area contributed by atoms with Gasteiger partial charge in [0.05, 0.1) is 4.75 Å². The van der Waals surface area contributed by atoms with Crippen LogP contribution in [0.25, 0.3) is 0 Å². The fourth-order valence-corrected chi connectivity index (χ4v) is 3.65. The number of carbonyl (C=O) groups is 2. The van der Waals surface area contributed by atoms with Crippen molar-refractivity contribution in [2.75, 3.05) is 6.54 Å². The molecule has 0 radical (unpaired) electrons. The smallest absolute Gasteiger partial charge is 0.326 e. The van der Waals surface area contributed by atoms with Crippen LogP contribution < -0.4 is 0 Å². The minimum Gasteiger partial charge on any atom is -0.480 e. The Morgan fingerprint density at radius 1 is 1.33 bits per heavy atom. The van der Waals surface area contributed by atoms with Gasteiger partial charge in [-0.25, -0.2) is 4.79 Å². The Morgan fingerprint density at radius 2 is 1.95 bits per heavy atom. The summed E-state index contributed by atoms with van der Waals surface area (Å²) in [5, 5.41) is 9.85. The Balaban J connectivity index is 2.12. The fraction of sp³-hybridized carbons (Fsp3) is 0.467. The molecule has 4 nitrogen and oxygen atoms in total. The number of amides is 1. The molecule has 1 aliphatic rings. The number of halogens is 1. The van der Waals surface area contributed by atoms with E-state index in [0.29, 0.717) is 18.0 Å². The lowest BCUT2D eigenvalue weighted by molar-refractivity contribution is -0.148. The molecule has 1 unspecified atom stereocenters. The van der Waals surface area contributed by atoms with Crippen molar-refractivity contribution < 1.29 is 14.7 Å². The zero-order valence-corrected chi connectivity index (χ0v) is 13.6. The summed E-state index contributed by atoms with van der Waals surface area (Å²) >= 11 is 7.27. The van der Waals surface area contributed by atoms with E-state index in [9.17, 15) is 14.7 Å². The molecule has 0 aliphatic carbocycles. The van der Waals surface area contributed by atoms with Crippen molar-refractivity contribution in [2.45, 2.75) is 42.4 Å². The van der Waals surface area contributed by atoms with Crippen molar-refractivity contribution in [1.29, 1.82) is 0 Å². The van der Waals surface area contributed by atoms with Crippen LogP contribution in [0.3, 0.4) is 0 Å². The van der Waals surface area contributed by atoms with Gasteiger partial charge >= 0.3 is 5.97 Å². The average molecular weight is 328 g/mol. The number of carboxylic acid groups (broad SMARTS) is 1. The standard InChI is InChI=1S/C15H18ClNO3S/c1-15(2,21-11-7-5-10(16)6-8-11)14(20)17-9-3-4-12(17)13(18)19/h5-8,12H,3-4,9H2,1-2H3,(H,18,19). The van der Waals surface area contributed by atoms with Gasteiger partial charge in [-0.2, -0.15) is 0 Å². The SMILES string of the molecule is CC(C)(Sc1ccc(Cl)cc1)C(=O)N1CCCC1C(=O)O. The lowest BCUT2D eigenvalue weighted by Gasteiger charge is -2.31. The van der Waals surface area contributed by atoms with Crippen LogP contribution >= 0.6 is 23.4 Å². The molecule has 1 N–H and O–H groups in total. The van der Waals surface area contributed by atoms with E-state index in [2.05, 4.69) is 0 Å². The molecular weight excluding hydrogens is 310 g/mol. The number of carbonyl (C=O) groups excluding carboxylic acids is 1. The molecule has 1 amide bonds. The zero-order chi connectivity index (χ0) is 15.6. The predicted octanol–water partition coefficient (Wildman–Crippen LogP) is 3.29. The van der Waals surface area contributed by atoms with Gasteiger partial charge in [-0.05, 0) is 51.0 Å². The quantitative estimate of drug-likeness (QED) is 0.862. The zero-order valence-electron chi connectivity index (χ0n) is 12.0. The Labute approximate surface area is 133 Å². The maximum atomic E-state index is 12.7. The summed E-state index contributed by atoms with van der Waals surface area (Å²) in [5.74, 6) is -1.06. The lowest BCUT2D eigenvalue weighted by Crippen LogP contribution is -2.48. The second-order valence-electron chi connectivity index (χ2n) is 5.56. The first-order valence-electron chi connectivity index (χ1n) is 6.80. The van der Waals surface area contributed by atoms with Crippen LogP contribution in [0, 0.1) is 0 Å². The Morgan fingerprint density at radius 3 is 2.52 bits per heavy atom. The number of hydrogen-bond acceptors (Lipinski definition) is 3. The van der Waals surface area contributed by atoms with Crippen LogP contribution in [0.2, 0.25) is 5.02 Å². The molecular formula is C15H18ClNO3S. The summed E-state index contributed by atoms with van der Waals surface area (Å²) in [5.41, 5.74) is 0. The van der Waals surface area contributed by atoms with Gasteiger partial charge in [0.2, 0.25) is 5.91 Å². The molecule has 1 atom stereocenters. The topological polar surface area (TPSA) is 57.6 Å². The largest absolute Gasteiger partial charge is 0.480 e. The molecule has 114 valence electrons. The predicted molar refractivity (Wildman–Crippen MR) is 83.8 cm³/mol. The highest BCUT2D eigenvalue weighted by molar-refractivity contribution is 8.01. The minimum absolute atomic E-state index is 0.132. The molecule has 6 heteroatoms. The molecule has 2 rings (SSSR count). The van der Waals surface area contributed by atoms with Crippen LogP contribution in [-0.2, 0) is 9.59 Å². The van der Waals surface area contributed by atoms with Crippen LogP contribution in [0.4, 0.5) is 0 Å². The third kappa shape index (κ3) is 3.71. The van der Waals surface area contributed by atoms with Gasteiger partial charge in [0.25, 0.3) is 0 Å². The van der Waals surface area contributed by atoms with Gasteiger partial charge in [-0.3, -0.25) is 4.79 Å². The summed E-state index contributed by atoms with van der Waals surface area (Å²) < 4.78 is -0.716. The number of rotatable bonds is 4. The molecule has 1 aliphatic heterocycles. The van der Waals surface area contributed by atoms with Crippen molar-refractivity contribution in [3.8, 4) is 0 Å². The highest BCUT2D eigenvalue weighted by atomic mass is 35.5. The molecule has 1 saturated heterocycles. The minimum atomic E-state index is -0.923. The lowest BCUT2D eigenvalue weighted by atomic mass is 10.1. The normalized spacial score (nSPS) is 18.8. The molecule has 21 heavy (non-hydrogen) atoms. The Kier molecular flexibility index (Phi) is 4.84. The second-order valence-corrected chi connectivity index (χ2v) is 7.69. The first-order valence-corrected chi connectivity index (χ1v) is 7.99. The molecule has 1 aromatic rings. The number of benzene rings is 1. The van der Waals surface area contributed by atoms with Crippen molar-refractivity contribution in [3.05, 3.63) is 29.3 Å². The van der Waals surface area contributed by atoms with Gasteiger partial charge < -0.3 is 10.0 Å². The average Bonchev–Trinajstić information content (AvgIpc) is 2.89. The molecule has 1 fully saturated rings. The third-order valence-corrected chi connectivity index (χ3v) is 4.95. The molecule has 0 aromatic heterocycles. The first-order chi connectivity index (χ1) is 9.81. The van der Waals surface area contributed by atoms with Crippen molar-refractivity contribution in [2.24, 2.45) is 0 Å². The molecule has 1 aromatic carbocycles.